The van der Waals surface area contributed by atoms with Crippen LogP contribution < -0.4 is 4.74 Å². The number of carbonyl (C=O) groups is 1. The van der Waals surface area contributed by atoms with Gasteiger partial charge in [-0.2, -0.15) is 0 Å². The fourth-order valence-electron chi connectivity index (χ4n) is 6.25. The number of carbonyl (C=O) groups excluding carboxylic acids is 1. The van der Waals surface area contributed by atoms with Crippen molar-refractivity contribution in [2.75, 3.05) is 7.11 Å². The average Bonchev–Trinajstić information content (AvgIpc) is 3.44. The maximum absolute atomic E-state index is 13.3. The molecule has 0 spiro atoms. The first-order valence-corrected chi connectivity index (χ1v) is 11.5. The molecule has 2 aromatic carbocycles. The van der Waals surface area contributed by atoms with Gasteiger partial charge in [0.1, 0.15) is 11.4 Å². The van der Waals surface area contributed by atoms with Gasteiger partial charge >= 0.3 is 5.97 Å². The Labute approximate surface area is 198 Å². The van der Waals surface area contributed by atoms with Crippen molar-refractivity contribution in [3.8, 4) is 5.75 Å². The molecule has 162 valence electrons. The van der Waals surface area contributed by atoms with Crippen LogP contribution in [-0.4, -0.2) is 23.2 Å². The van der Waals surface area contributed by atoms with Crippen molar-refractivity contribution in [1.29, 1.82) is 0 Å². The first-order chi connectivity index (χ1) is 15.4. The van der Waals surface area contributed by atoms with Crippen LogP contribution in [0.5, 0.6) is 5.75 Å². The zero-order valence-electron chi connectivity index (χ0n) is 17.1. The van der Waals surface area contributed by atoms with Crippen LogP contribution in [0.1, 0.15) is 29.2 Å². The Morgan fingerprint density at radius 3 is 2.62 bits per heavy atom. The molecule has 32 heavy (non-hydrogen) atoms. The van der Waals surface area contributed by atoms with E-state index < -0.39 is 28.5 Å². The molecule has 0 bridgehead atoms. The molecule has 1 aromatic heterocycles. The van der Waals surface area contributed by atoms with Crippen molar-refractivity contribution in [1.82, 2.24) is 4.98 Å². The molecule has 1 N–H and O–H groups in total. The van der Waals surface area contributed by atoms with Gasteiger partial charge in [-0.25, -0.2) is 0 Å². The predicted octanol–water partition coefficient (Wildman–Crippen LogP) is 4.95. The Hall–Kier alpha value is -2.41. The van der Waals surface area contributed by atoms with Crippen LogP contribution in [0.4, 0.5) is 0 Å². The Balaban J connectivity index is 1.70. The van der Waals surface area contributed by atoms with Gasteiger partial charge in [0.15, 0.2) is 11.2 Å². The molecule has 0 radical (unpaired) electrons. The molecular weight excluding hydrogens is 494 g/mol. The molecule has 0 saturated heterocycles. The van der Waals surface area contributed by atoms with E-state index in [0.717, 1.165) is 15.6 Å². The van der Waals surface area contributed by atoms with E-state index in [1.807, 2.05) is 54.6 Å². The second kappa shape index (κ2) is 6.56. The second-order valence-corrected chi connectivity index (χ2v) is 10.1. The standard InChI is InChI=1S/C25H19BrClNO4/c1-31-22(29)23-12-19(23)24(30)21-18(11-17(27)13-28-21)32-25(24,15-7-9-16(26)10-8-15)20(23)14-5-3-2-4-6-14/h2-11,13,19-20,30H,12H2,1H3/t19-,20+,23-,24+,25-/m0/s1. The summed E-state index contributed by atoms with van der Waals surface area (Å²) in [5.41, 5.74) is -1.64. The molecule has 3 aliphatic rings. The van der Waals surface area contributed by atoms with E-state index in [9.17, 15) is 9.90 Å². The summed E-state index contributed by atoms with van der Waals surface area (Å²) in [5, 5.41) is 13.0. The highest BCUT2D eigenvalue weighted by Gasteiger charge is 2.90. The highest BCUT2D eigenvalue weighted by Crippen LogP contribution is 2.84. The molecule has 3 aromatic rings. The smallest absolute Gasteiger partial charge is 0.313 e. The van der Waals surface area contributed by atoms with Crippen molar-refractivity contribution in [3.63, 3.8) is 0 Å². The Bertz CT molecular complexity index is 1250. The number of pyridine rings is 1. The second-order valence-electron chi connectivity index (χ2n) is 8.74. The summed E-state index contributed by atoms with van der Waals surface area (Å²) in [6, 6.07) is 19.1. The molecule has 2 saturated carbocycles. The Morgan fingerprint density at radius 1 is 1.22 bits per heavy atom. The summed E-state index contributed by atoms with van der Waals surface area (Å²) >= 11 is 9.73. The number of rotatable bonds is 3. The van der Waals surface area contributed by atoms with E-state index in [1.54, 1.807) is 6.07 Å². The molecule has 2 heterocycles. The Morgan fingerprint density at radius 2 is 1.94 bits per heavy atom. The van der Waals surface area contributed by atoms with Crippen molar-refractivity contribution >= 4 is 33.5 Å². The third-order valence-corrected chi connectivity index (χ3v) is 8.15. The van der Waals surface area contributed by atoms with Crippen LogP contribution in [0.15, 0.2) is 71.3 Å². The SMILES string of the molecule is COC(=O)[C@@]12C[C@@H]1[C@@]1(O)c3ncc(Cl)cc3O[C@@]1(c1ccc(Br)cc1)[C@@H]2c1ccccc1. The van der Waals surface area contributed by atoms with Crippen LogP contribution in [0.25, 0.3) is 0 Å². The highest BCUT2D eigenvalue weighted by molar-refractivity contribution is 9.10. The van der Waals surface area contributed by atoms with E-state index >= 15 is 0 Å². The highest BCUT2D eigenvalue weighted by atomic mass is 79.9. The van der Waals surface area contributed by atoms with Crippen molar-refractivity contribution in [2.24, 2.45) is 11.3 Å². The zero-order valence-corrected chi connectivity index (χ0v) is 19.4. The molecule has 6 rings (SSSR count). The molecule has 1 aliphatic heterocycles. The number of hydrogen-bond acceptors (Lipinski definition) is 5. The predicted molar refractivity (Wildman–Crippen MR) is 121 cm³/mol. The molecular formula is C25H19BrClNO4. The minimum absolute atomic E-state index is 0.338. The number of ether oxygens (including phenoxy) is 2. The number of aromatic nitrogens is 1. The number of benzene rings is 2. The molecule has 2 fully saturated rings. The van der Waals surface area contributed by atoms with Gasteiger partial charge in [0.25, 0.3) is 0 Å². The first kappa shape index (κ1) is 20.2. The summed E-state index contributed by atoms with van der Waals surface area (Å²) in [4.78, 5) is 17.8. The van der Waals surface area contributed by atoms with Gasteiger partial charge in [0.2, 0.25) is 0 Å². The summed E-state index contributed by atoms with van der Waals surface area (Å²) in [5.74, 6) is -0.803. The monoisotopic (exact) mass is 511 g/mol. The topological polar surface area (TPSA) is 68.7 Å². The third-order valence-electron chi connectivity index (χ3n) is 7.42. The lowest BCUT2D eigenvalue weighted by atomic mass is 9.67. The number of hydrogen-bond donors (Lipinski definition) is 1. The lowest BCUT2D eigenvalue weighted by Gasteiger charge is -2.43. The summed E-state index contributed by atoms with van der Waals surface area (Å²) in [6.45, 7) is 0. The van der Waals surface area contributed by atoms with Gasteiger partial charge in [0, 0.05) is 28.6 Å². The van der Waals surface area contributed by atoms with Crippen LogP contribution in [0, 0.1) is 11.3 Å². The number of esters is 1. The van der Waals surface area contributed by atoms with E-state index in [4.69, 9.17) is 21.1 Å². The molecule has 0 unspecified atom stereocenters. The summed E-state index contributed by atoms with van der Waals surface area (Å²) in [7, 11) is 1.39. The first-order valence-electron chi connectivity index (χ1n) is 10.4. The quantitative estimate of drug-likeness (QED) is 0.503. The lowest BCUT2D eigenvalue weighted by Crippen LogP contribution is -2.51. The van der Waals surface area contributed by atoms with E-state index in [-0.39, 0.29) is 5.97 Å². The lowest BCUT2D eigenvalue weighted by molar-refractivity contribution is -0.150. The van der Waals surface area contributed by atoms with Gasteiger partial charge < -0.3 is 14.6 Å². The number of nitrogens with zero attached hydrogens (tertiary/aromatic N) is 1. The number of fused-ring (bicyclic) bond motifs is 5. The number of aliphatic hydroxyl groups is 1. The third kappa shape index (κ3) is 2.23. The fourth-order valence-corrected chi connectivity index (χ4v) is 6.66. The molecule has 5 nitrogen and oxygen atoms in total. The minimum Gasteiger partial charge on any atom is -0.476 e. The van der Waals surface area contributed by atoms with Crippen molar-refractivity contribution < 1.29 is 19.4 Å². The van der Waals surface area contributed by atoms with Crippen LogP contribution in [-0.2, 0) is 20.7 Å². The molecule has 7 heteroatoms. The molecule has 5 atom stereocenters. The average molecular weight is 513 g/mol. The summed E-state index contributed by atoms with van der Waals surface area (Å²) < 4.78 is 12.9. The molecule has 2 aliphatic carbocycles. The largest absolute Gasteiger partial charge is 0.476 e. The number of methoxy groups -OCH3 is 1. The number of halogens is 2. The van der Waals surface area contributed by atoms with Gasteiger partial charge in [-0.1, -0.05) is 70.0 Å². The summed E-state index contributed by atoms with van der Waals surface area (Å²) in [6.07, 6.45) is 2.00. The van der Waals surface area contributed by atoms with E-state index in [0.29, 0.717) is 22.9 Å². The maximum atomic E-state index is 13.3. The molecule has 0 amide bonds. The van der Waals surface area contributed by atoms with Gasteiger partial charge in [-0.05, 0) is 29.7 Å². The van der Waals surface area contributed by atoms with Gasteiger partial charge in [-0.15, -0.1) is 0 Å². The normalized spacial score (nSPS) is 33.6. The van der Waals surface area contributed by atoms with Crippen LogP contribution in [0.2, 0.25) is 5.02 Å². The van der Waals surface area contributed by atoms with E-state index in [1.165, 1.54) is 13.3 Å². The Kier molecular flexibility index (Phi) is 4.15. The van der Waals surface area contributed by atoms with E-state index in [2.05, 4.69) is 20.9 Å². The van der Waals surface area contributed by atoms with Gasteiger partial charge in [-0.3, -0.25) is 9.78 Å². The van der Waals surface area contributed by atoms with Crippen molar-refractivity contribution in [2.45, 2.75) is 23.5 Å². The fraction of sp³-hybridized carbons (Fsp3) is 0.280. The van der Waals surface area contributed by atoms with Crippen molar-refractivity contribution in [3.05, 3.63) is 93.2 Å². The minimum atomic E-state index is -1.53. The van der Waals surface area contributed by atoms with Gasteiger partial charge in [0.05, 0.1) is 17.5 Å². The van der Waals surface area contributed by atoms with Crippen LogP contribution >= 0.6 is 27.5 Å². The zero-order chi connectivity index (χ0) is 22.3. The maximum Gasteiger partial charge on any atom is 0.313 e. The van der Waals surface area contributed by atoms with Crippen LogP contribution in [0.3, 0.4) is 0 Å².